The van der Waals surface area contributed by atoms with Gasteiger partial charge in [-0.25, -0.2) is 18.3 Å². The van der Waals surface area contributed by atoms with E-state index in [2.05, 4.69) is 37.0 Å². The van der Waals surface area contributed by atoms with Crippen molar-refractivity contribution in [3.8, 4) is 6.07 Å². The van der Waals surface area contributed by atoms with Gasteiger partial charge in [0.1, 0.15) is 5.69 Å². The average molecular weight is 451 g/mol. The van der Waals surface area contributed by atoms with Gasteiger partial charge in [0.25, 0.3) is 6.43 Å². The SMILES string of the molecule is CC1(C)C[C@H](C(=O)NC2=CNC(n3nccn3)C(C#N)=C2)c2cnn3cc(C(F)F)nc3c21. The van der Waals surface area contributed by atoms with Crippen LogP contribution in [0.4, 0.5) is 8.78 Å². The van der Waals surface area contributed by atoms with E-state index in [1.165, 1.54) is 27.9 Å². The number of nitriles is 1. The molecule has 0 fully saturated rings. The number of nitrogens with zero attached hydrogens (tertiary/aromatic N) is 7. The first-order valence-electron chi connectivity index (χ1n) is 10.2. The molecule has 5 rings (SSSR count). The molecule has 10 nitrogen and oxygen atoms in total. The van der Waals surface area contributed by atoms with Gasteiger partial charge in [0.15, 0.2) is 11.8 Å². The van der Waals surface area contributed by atoms with Crippen LogP contribution in [0, 0.1) is 11.3 Å². The van der Waals surface area contributed by atoms with E-state index in [1.807, 2.05) is 13.8 Å². The molecule has 3 aromatic rings. The van der Waals surface area contributed by atoms with Crippen LogP contribution in [0.1, 0.15) is 55.6 Å². The van der Waals surface area contributed by atoms with E-state index in [-0.39, 0.29) is 11.6 Å². The zero-order chi connectivity index (χ0) is 23.3. The molecule has 0 aromatic carbocycles. The number of allylic oxidation sites excluding steroid dienone is 1. The molecular weight excluding hydrogens is 432 g/mol. The third kappa shape index (κ3) is 3.42. The fourth-order valence-corrected chi connectivity index (χ4v) is 4.48. The Morgan fingerprint density at radius 3 is 2.79 bits per heavy atom. The van der Waals surface area contributed by atoms with Crippen LogP contribution < -0.4 is 10.6 Å². The fraction of sp³-hybridized carbons (Fsp3) is 0.333. The van der Waals surface area contributed by atoms with Gasteiger partial charge in [0, 0.05) is 11.8 Å². The van der Waals surface area contributed by atoms with E-state index in [0.29, 0.717) is 28.9 Å². The zero-order valence-electron chi connectivity index (χ0n) is 17.7. The van der Waals surface area contributed by atoms with E-state index < -0.39 is 23.9 Å². The largest absolute Gasteiger partial charge is 0.362 e. The first-order valence-corrected chi connectivity index (χ1v) is 10.2. The Balaban J connectivity index is 1.43. The molecule has 0 radical (unpaired) electrons. The molecule has 12 heteroatoms. The average Bonchev–Trinajstić information content (AvgIpc) is 3.51. The molecule has 0 bridgehead atoms. The summed E-state index contributed by atoms with van der Waals surface area (Å²) in [7, 11) is 0. The van der Waals surface area contributed by atoms with Crippen molar-refractivity contribution in [3.63, 3.8) is 0 Å². The van der Waals surface area contributed by atoms with Crippen LogP contribution in [0.25, 0.3) is 5.65 Å². The van der Waals surface area contributed by atoms with Crippen molar-refractivity contribution < 1.29 is 13.6 Å². The Hall–Kier alpha value is -4.14. The summed E-state index contributed by atoms with van der Waals surface area (Å²) in [6.45, 7) is 3.90. The maximum atomic E-state index is 13.2. The standard InChI is InChI=1S/C21H19F2N9O/c1-21(2)6-13(14-9-28-31-10-15(17(22)23)30-19(31)16(14)21)20(33)29-12-5-11(7-24)18(25-8-12)32-26-3-4-27-32/h3-5,8-10,13,17-18,25H,6H2,1-2H3,(H,29,33)/t13-,18?/m0/s1. The molecule has 33 heavy (non-hydrogen) atoms. The number of rotatable bonds is 4. The Bertz CT molecular complexity index is 1350. The fourth-order valence-electron chi connectivity index (χ4n) is 4.48. The molecule has 3 aromatic heterocycles. The van der Waals surface area contributed by atoms with Gasteiger partial charge in [0.2, 0.25) is 5.91 Å². The van der Waals surface area contributed by atoms with Crippen molar-refractivity contribution >= 4 is 11.6 Å². The number of halogens is 2. The minimum atomic E-state index is -2.71. The first kappa shape index (κ1) is 20.7. The van der Waals surface area contributed by atoms with Crippen LogP contribution >= 0.6 is 0 Å². The molecule has 2 aliphatic rings. The highest BCUT2D eigenvalue weighted by molar-refractivity contribution is 5.88. The van der Waals surface area contributed by atoms with E-state index >= 15 is 0 Å². The summed E-state index contributed by atoms with van der Waals surface area (Å²) in [6.07, 6.45) is 6.09. The highest BCUT2D eigenvalue weighted by Gasteiger charge is 2.43. The van der Waals surface area contributed by atoms with Crippen LogP contribution in [-0.4, -0.2) is 35.5 Å². The summed E-state index contributed by atoms with van der Waals surface area (Å²) >= 11 is 0. The number of hydrogen-bond acceptors (Lipinski definition) is 7. The van der Waals surface area contributed by atoms with Crippen molar-refractivity contribution in [2.45, 2.75) is 44.2 Å². The monoisotopic (exact) mass is 451 g/mol. The summed E-state index contributed by atoms with van der Waals surface area (Å²) in [6, 6.07) is 2.10. The lowest BCUT2D eigenvalue weighted by Crippen LogP contribution is -2.34. The van der Waals surface area contributed by atoms with Crippen molar-refractivity contribution in [3.05, 3.63) is 65.2 Å². The number of dihydropyridines is 1. The lowest BCUT2D eigenvalue weighted by Gasteiger charge is -2.22. The molecule has 1 aliphatic carbocycles. The first-order chi connectivity index (χ1) is 15.8. The number of aromatic nitrogens is 6. The van der Waals surface area contributed by atoms with Gasteiger partial charge in [-0.3, -0.25) is 4.79 Å². The van der Waals surface area contributed by atoms with Crippen LogP contribution in [0.15, 0.2) is 48.3 Å². The molecular formula is C21H19F2N9O. The number of alkyl halides is 2. The van der Waals surface area contributed by atoms with E-state index in [9.17, 15) is 18.8 Å². The quantitative estimate of drug-likeness (QED) is 0.623. The van der Waals surface area contributed by atoms with Crippen LogP contribution in [0.2, 0.25) is 0 Å². The van der Waals surface area contributed by atoms with Gasteiger partial charge in [-0.2, -0.15) is 25.4 Å². The lowest BCUT2D eigenvalue weighted by molar-refractivity contribution is -0.122. The van der Waals surface area contributed by atoms with Crippen LogP contribution in [0.3, 0.4) is 0 Å². The normalized spacial score (nSPS) is 21.2. The van der Waals surface area contributed by atoms with Crippen molar-refractivity contribution in [1.29, 1.82) is 5.26 Å². The molecule has 168 valence electrons. The van der Waals surface area contributed by atoms with Gasteiger partial charge < -0.3 is 10.6 Å². The predicted molar refractivity (Wildman–Crippen MR) is 110 cm³/mol. The number of carbonyl (C=O) groups is 1. The number of carbonyl (C=O) groups excluding carboxylic acids is 1. The molecule has 1 unspecified atom stereocenters. The summed E-state index contributed by atoms with van der Waals surface area (Å²) in [5.41, 5.74) is 1.65. The third-order valence-electron chi connectivity index (χ3n) is 5.91. The highest BCUT2D eigenvalue weighted by atomic mass is 19.3. The zero-order valence-corrected chi connectivity index (χ0v) is 17.7. The Morgan fingerprint density at radius 1 is 1.33 bits per heavy atom. The Labute approximate surface area is 186 Å². The number of nitrogens with one attached hydrogen (secondary N) is 2. The molecule has 1 aliphatic heterocycles. The molecule has 0 saturated heterocycles. The minimum Gasteiger partial charge on any atom is -0.362 e. The van der Waals surface area contributed by atoms with Crippen molar-refractivity contribution in [1.82, 2.24) is 40.2 Å². The summed E-state index contributed by atoms with van der Waals surface area (Å²) in [5, 5.41) is 27.7. The molecule has 0 spiro atoms. The molecule has 4 heterocycles. The maximum absolute atomic E-state index is 13.2. The Kier molecular flexibility index (Phi) is 4.70. The predicted octanol–water partition coefficient (Wildman–Crippen LogP) is 2.23. The van der Waals surface area contributed by atoms with Crippen molar-refractivity contribution in [2.75, 3.05) is 0 Å². The van der Waals surface area contributed by atoms with Gasteiger partial charge in [-0.05, 0) is 23.5 Å². The van der Waals surface area contributed by atoms with Crippen LogP contribution in [-0.2, 0) is 10.2 Å². The lowest BCUT2D eigenvalue weighted by atomic mass is 9.86. The second-order valence-electron chi connectivity index (χ2n) is 8.57. The number of amides is 1. The van der Waals surface area contributed by atoms with E-state index in [4.69, 9.17) is 0 Å². The van der Waals surface area contributed by atoms with Gasteiger partial charge >= 0.3 is 0 Å². The highest BCUT2D eigenvalue weighted by Crippen LogP contribution is 2.47. The molecule has 2 atom stereocenters. The second-order valence-corrected chi connectivity index (χ2v) is 8.57. The number of fused-ring (bicyclic) bond motifs is 3. The summed E-state index contributed by atoms with van der Waals surface area (Å²) < 4.78 is 27.7. The number of imidazole rings is 1. The van der Waals surface area contributed by atoms with Crippen molar-refractivity contribution in [2.24, 2.45) is 0 Å². The van der Waals surface area contributed by atoms with Gasteiger partial charge in [-0.1, -0.05) is 13.8 Å². The number of hydrogen-bond donors (Lipinski definition) is 2. The van der Waals surface area contributed by atoms with Crippen LogP contribution in [0.5, 0.6) is 0 Å². The second kappa shape index (κ2) is 7.47. The molecule has 0 saturated carbocycles. The summed E-state index contributed by atoms with van der Waals surface area (Å²) in [4.78, 5) is 18.7. The topological polar surface area (TPSA) is 126 Å². The van der Waals surface area contributed by atoms with Gasteiger partial charge in [0.05, 0.1) is 48.0 Å². The third-order valence-corrected chi connectivity index (χ3v) is 5.91. The maximum Gasteiger partial charge on any atom is 0.281 e. The van der Waals surface area contributed by atoms with Gasteiger partial charge in [-0.15, -0.1) is 0 Å². The smallest absolute Gasteiger partial charge is 0.281 e. The van der Waals surface area contributed by atoms with E-state index in [1.54, 1.807) is 18.5 Å². The molecule has 1 amide bonds. The minimum absolute atomic E-state index is 0.286. The molecule has 2 N–H and O–H groups in total. The summed E-state index contributed by atoms with van der Waals surface area (Å²) in [5.74, 6) is -0.838. The Morgan fingerprint density at radius 2 is 2.09 bits per heavy atom. The van der Waals surface area contributed by atoms with E-state index in [0.717, 1.165) is 5.56 Å².